The van der Waals surface area contributed by atoms with Crippen LogP contribution < -0.4 is 0 Å². The summed E-state index contributed by atoms with van der Waals surface area (Å²) in [5, 5.41) is 0. The third kappa shape index (κ3) is 3.59. The molecule has 2 saturated heterocycles. The van der Waals surface area contributed by atoms with E-state index in [2.05, 4.69) is 27.4 Å². The third-order valence-electron chi connectivity index (χ3n) is 8.31. The Morgan fingerprint density at radius 2 is 1.77 bits per heavy atom. The lowest BCUT2D eigenvalue weighted by molar-refractivity contribution is -0.219. The highest BCUT2D eigenvalue weighted by atomic mass is 16.8. The van der Waals surface area contributed by atoms with E-state index in [1.54, 1.807) is 0 Å². The van der Waals surface area contributed by atoms with Crippen LogP contribution in [0.4, 0.5) is 0 Å². The monoisotopic (exact) mass is 434 g/mol. The van der Waals surface area contributed by atoms with Crippen LogP contribution in [-0.4, -0.2) is 36.6 Å². The Labute approximate surface area is 183 Å². The minimum atomic E-state index is -1.16. The normalized spacial score (nSPS) is 43.6. The highest BCUT2D eigenvalue weighted by Crippen LogP contribution is 2.66. The Bertz CT molecular complexity index is 802. The van der Waals surface area contributed by atoms with Gasteiger partial charge in [0.2, 0.25) is 18.7 Å². The summed E-state index contributed by atoms with van der Waals surface area (Å²) >= 11 is 0. The van der Waals surface area contributed by atoms with E-state index in [0.29, 0.717) is 5.92 Å². The van der Waals surface area contributed by atoms with Crippen molar-refractivity contribution in [1.82, 2.24) is 0 Å². The third-order valence-corrected chi connectivity index (χ3v) is 8.31. The van der Waals surface area contributed by atoms with Crippen molar-refractivity contribution in [1.29, 1.82) is 0 Å². The molecule has 0 spiro atoms. The maximum Gasteiger partial charge on any atom is 0.350 e. The van der Waals surface area contributed by atoms with Gasteiger partial charge in [-0.1, -0.05) is 32.9 Å². The molecule has 2 aliphatic carbocycles. The lowest BCUT2D eigenvalue weighted by atomic mass is 9.58. The predicted molar refractivity (Wildman–Crippen MR) is 110 cm³/mol. The van der Waals surface area contributed by atoms with Crippen molar-refractivity contribution in [2.75, 3.05) is 0 Å². The summed E-state index contributed by atoms with van der Waals surface area (Å²) in [6.45, 7) is 13.9. The Kier molecular flexibility index (Phi) is 5.48. The molecule has 172 valence electrons. The van der Waals surface area contributed by atoms with Gasteiger partial charge >= 0.3 is 17.9 Å². The first-order valence-corrected chi connectivity index (χ1v) is 11.3. The molecule has 0 radical (unpaired) electrons. The zero-order chi connectivity index (χ0) is 22.7. The number of allylic oxidation sites excluding steroid dienone is 1. The summed E-state index contributed by atoms with van der Waals surface area (Å²) in [5.74, 6) is -1.92. The summed E-state index contributed by atoms with van der Waals surface area (Å²) < 4.78 is 22.4. The number of carbonyl (C=O) groups is 3. The number of fused-ring (bicyclic) bond motifs is 3. The maximum atomic E-state index is 12.7. The molecule has 0 aromatic carbocycles. The van der Waals surface area contributed by atoms with Crippen molar-refractivity contribution >= 4 is 17.9 Å². The van der Waals surface area contributed by atoms with Crippen molar-refractivity contribution in [3.63, 3.8) is 0 Å². The number of rotatable bonds is 3. The van der Waals surface area contributed by atoms with Crippen LogP contribution in [0.25, 0.3) is 0 Å². The van der Waals surface area contributed by atoms with Crippen LogP contribution in [0.1, 0.15) is 66.7 Å². The molecule has 4 fully saturated rings. The molecule has 2 bridgehead atoms. The Hall–Kier alpha value is -1.89. The number of hydrogen-bond donors (Lipinski definition) is 0. The van der Waals surface area contributed by atoms with E-state index in [1.807, 2.05) is 0 Å². The van der Waals surface area contributed by atoms with Gasteiger partial charge in [-0.2, -0.15) is 0 Å². The number of ether oxygens (including phenoxy) is 4. The van der Waals surface area contributed by atoms with E-state index in [9.17, 15) is 14.4 Å². The standard InChI is InChI=1S/C24H34O7/c1-12-8-7-10-23(4,5)15-9-11-24(6,17(12)15)18-16-19(28-13(2)25)20(27)30-22(18)31-21(16)29-14(3)26/h15-19,21-22H,1,7-11H2,2-6H3/t15-,16?,17-,18+,19+,21-,22-,24-/m1/s1. The second-order valence-electron chi connectivity index (χ2n) is 10.7. The van der Waals surface area contributed by atoms with E-state index < -0.39 is 42.5 Å². The first-order valence-electron chi connectivity index (χ1n) is 11.3. The first kappa shape index (κ1) is 22.3. The fourth-order valence-electron chi connectivity index (χ4n) is 7.08. The summed E-state index contributed by atoms with van der Waals surface area (Å²) in [7, 11) is 0. The molecule has 2 aliphatic heterocycles. The zero-order valence-electron chi connectivity index (χ0n) is 19.1. The Morgan fingerprint density at radius 1 is 1.10 bits per heavy atom. The van der Waals surface area contributed by atoms with Gasteiger partial charge in [0.1, 0.15) is 0 Å². The van der Waals surface area contributed by atoms with Crippen molar-refractivity contribution in [2.24, 2.45) is 34.5 Å². The van der Waals surface area contributed by atoms with Gasteiger partial charge in [0.05, 0.1) is 5.92 Å². The number of hydrogen-bond acceptors (Lipinski definition) is 7. The van der Waals surface area contributed by atoms with Gasteiger partial charge in [0, 0.05) is 19.8 Å². The smallest absolute Gasteiger partial charge is 0.350 e. The van der Waals surface area contributed by atoms with Gasteiger partial charge in [-0.15, -0.1) is 0 Å². The number of carbonyl (C=O) groups excluding carboxylic acids is 3. The lowest BCUT2D eigenvalue weighted by Crippen LogP contribution is -2.54. The minimum absolute atomic E-state index is 0.178. The van der Waals surface area contributed by atoms with E-state index in [4.69, 9.17) is 18.9 Å². The van der Waals surface area contributed by atoms with Crippen molar-refractivity contribution < 1.29 is 33.3 Å². The highest BCUT2D eigenvalue weighted by molar-refractivity contribution is 5.80. The Balaban J connectivity index is 1.76. The van der Waals surface area contributed by atoms with Crippen molar-refractivity contribution in [3.8, 4) is 0 Å². The molecule has 2 heterocycles. The topological polar surface area (TPSA) is 88.1 Å². The van der Waals surface area contributed by atoms with Crippen LogP contribution in [-0.2, 0) is 33.3 Å². The highest BCUT2D eigenvalue weighted by Gasteiger charge is 2.68. The summed E-state index contributed by atoms with van der Waals surface area (Å²) in [5.41, 5.74) is 1.13. The molecular weight excluding hydrogens is 400 g/mol. The average molecular weight is 435 g/mol. The van der Waals surface area contributed by atoms with E-state index in [1.165, 1.54) is 19.4 Å². The van der Waals surface area contributed by atoms with Crippen LogP contribution in [0.2, 0.25) is 0 Å². The van der Waals surface area contributed by atoms with Crippen molar-refractivity contribution in [3.05, 3.63) is 12.2 Å². The van der Waals surface area contributed by atoms with Gasteiger partial charge in [-0.3, -0.25) is 9.59 Å². The fourth-order valence-corrected chi connectivity index (χ4v) is 7.08. The molecule has 31 heavy (non-hydrogen) atoms. The van der Waals surface area contributed by atoms with Crippen LogP contribution in [0.15, 0.2) is 12.2 Å². The quantitative estimate of drug-likeness (QED) is 0.380. The molecule has 0 N–H and O–H groups in total. The summed E-state index contributed by atoms with van der Waals surface area (Å²) in [4.78, 5) is 36.2. The van der Waals surface area contributed by atoms with Crippen LogP contribution in [0, 0.1) is 34.5 Å². The molecule has 0 amide bonds. The largest absolute Gasteiger partial charge is 0.450 e. The summed E-state index contributed by atoms with van der Waals surface area (Å²) in [6, 6.07) is 0. The van der Waals surface area contributed by atoms with E-state index in [0.717, 1.165) is 32.1 Å². The fraction of sp³-hybridized carbons (Fsp3) is 0.792. The zero-order valence-corrected chi connectivity index (χ0v) is 19.1. The van der Waals surface area contributed by atoms with Crippen LogP contribution >= 0.6 is 0 Å². The molecule has 1 unspecified atom stereocenters. The molecule has 7 nitrogen and oxygen atoms in total. The number of esters is 3. The second-order valence-corrected chi connectivity index (χ2v) is 10.7. The molecule has 2 saturated carbocycles. The maximum absolute atomic E-state index is 12.7. The molecule has 4 rings (SSSR count). The Morgan fingerprint density at radius 3 is 2.42 bits per heavy atom. The van der Waals surface area contributed by atoms with E-state index in [-0.39, 0.29) is 22.7 Å². The van der Waals surface area contributed by atoms with Gasteiger partial charge in [0.25, 0.3) is 0 Å². The molecule has 7 heteroatoms. The molecule has 0 aromatic heterocycles. The van der Waals surface area contributed by atoms with Gasteiger partial charge in [-0.05, 0) is 54.8 Å². The molecular formula is C24H34O7. The first-order chi connectivity index (χ1) is 14.5. The lowest BCUT2D eigenvalue weighted by Gasteiger charge is -2.47. The van der Waals surface area contributed by atoms with Gasteiger partial charge < -0.3 is 18.9 Å². The van der Waals surface area contributed by atoms with Crippen LogP contribution in [0.3, 0.4) is 0 Å². The predicted octanol–water partition coefficient (Wildman–Crippen LogP) is 3.75. The van der Waals surface area contributed by atoms with E-state index >= 15 is 0 Å². The molecule has 4 aliphatic rings. The van der Waals surface area contributed by atoms with Crippen molar-refractivity contribution in [2.45, 2.75) is 85.4 Å². The van der Waals surface area contributed by atoms with Gasteiger partial charge in [-0.25, -0.2) is 4.79 Å². The SMILES string of the molecule is C=C1CCCC(C)(C)[C@@H]2CC[C@@](C)([C@H]3C4[C@H](OC(C)=O)O[C@H]3OC(=O)[C@H]4OC(C)=O)[C@H]12. The van der Waals surface area contributed by atoms with Crippen LogP contribution in [0.5, 0.6) is 0 Å². The minimum Gasteiger partial charge on any atom is -0.450 e. The second kappa shape index (κ2) is 7.61. The molecule has 8 atom stereocenters. The summed E-state index contributed by atoms with van der Waals surface area (Å²) in [6.07, 6.45) is 2.22. The molecule has 0 aromatic rings. The average Bonchev–Trinajstić information content (AvgIpc) is 3.10. The van der Waals surface area contributed by atoms with Gasteiger partial charge in [0.15, 0.2) is 0 Å².